The quantitative estimate of drug-likeness (QED) is 0.397. The summed E-state index contributed by atoms with van der Waals surface area (Å²) >= 11 is 0. The monoisotopic (exact) mass is 301 g/mol. The van der Waals surface area contributed by atoms with Crippen molar-refractivity contribution in [3.05, 3.63) is 89.2 Å². The molecule has 0 amide bonds. The van der Waals surface area contributed by atoms with Crippen LogP contribution in [0.4, 0.5) is 4.39 Å². The highest BCUT2D eigenvalue weighted by molar-refractivity contribution is 6.14. The fraction of sp³-hybridized carbons (Fsp3) is 0. The molecule has 0 radical (unpaired) electrons. The number of carbonyl (C=O) groups excluding carboxylic acids is 1. The summed E-state index contributed by atoms with van der Waals surface area (Å²) in [5, 5.41) is 11.4. The van der Waals surface area contributed by atoms with E-state index in [1.165, 1.54) is 24.3 Å². The molecule has 0 aliphatic rings. The van der Waals surface area contributed by atoms with Crippen molar-refractivity contribution >= 4 is 22.6 Å². The molecular weight excluding hydrogens is 289 g/mol. The van der Waals surface area contributed by atoms with Gasteiger partial charge in [-0.25, -0.2) is 4.39 Å². The Bertz CT molecular complexity index is 949. The molecule has 0 N–H and O–H groups in total. The number of carbonyl (C=O) groups is 1. The van der Waals surface area contributed by atoms with Crippen LogP contribution in [0.5, 0.6) is 0 Å². The normalized spacial score (nSPS) is 11.2. The summed E-state index contributed by atoms with van der Waals surface area (Å²) < 4.78 is 12.9. The van der Waals surface area contributed by atoms with Gasteiger partial charge >= 0.3 is 0 Å². The van der Waals surface area contributed by atoms with Gasteiger partial charge < -0.3 is 0 Å². The largest absolute Gasteiger partial charge is 0.288 e. The molecule has 3 aromatic rings. The van der Waals surface area contributed by atoms with Crippen LogP contribution in [0.1, 0.15) is 15.9 Å². The second-order valence-corrected chi connectivity index (χ2v) is 5.11. The summed E-state index contributed by atoms with van der Waals surface area (Å²) in [6.07, 6.45) is 1.55. The van der Waals surface area contributed by atoms with Crippen molar-refractivity contribution in [1.29, 1.82) is 5.26 Å². The molecule has 0 aliphatic heterocycles. The SMILES string of the molecule is N#C/C(=C\c1ccc2ccccc2c1)C(=O)c1ccc(F)cc1. The van der Waals surface area contributed by atoms with Crippen molar-refractivity contribution in [3.63, 3.8) is 0 Å². The molecule has 0 bridgehead atoms. The number of nitriles is 1. The van der Waals surface area contributed by atoms with Crippen LogP contribution >= 0.6 is 0 Å². The molecule has 2 nitrogen and oxygen atoms in total. The molecule has 0 atom stereocenters. The van der Waals surface area contributed by atoms with Crippen LogP contribution < -0.4 is 0 Å². The predicted molar refractivity (Wildman–Crippen MR) is 88.3 cm³/mol. The Morgan fingerprint density at radius 2 is 1.65 bits per heavy atom. The molecule has 3 aromatic carbocycles. The molecule has 0 saturated heterocycles. The van der Waals surface area contributed by atoms with E-state index < -0.39 is 11.6 Å². The number of allylic oxidation sites excluding steroid dienone is 1. The summed E-state index contributed by atoms with van der Waals surface area (Å²) in [7, 11) is 0. The zero-order valence-corrected chi connectivity index (χ0v) is 12.2. The molecule has 3 heteroatoms. The average Bonchev–Trinajstić information content (AvgIpc) is 2.59. The third-order valence-corrected chi connectivity index (χ3v) is 3.56. The van der Waals surface area contributed by atoms with Gasteiger partial charge in [0.15, 0.2) is 0 Å². The van der Waals surface area contributed by atoms with Crippen LogP contribution in [-0.2, 0) is 0 Å². The molecular formula is C20H12FNO. The van der Waals surface area contributed by atoms with E-state index >= 15 is 0 Å². The third kappa shape index (κ3) is 3.17. The number of nitrogens with zero attached hydrogens (tertiary/aromatic N) is 1. The third-order valence-electron chi connectivity index (χ3n) is 3.56. The van der Waals surface area contributed by atoms with Gasteiger partial charge in [-0.3, -0.25) is 4.79 Å². The minimum Gasteiger partial charge on any atom is -0.288 e. The fourth-order valence-corrected chi connectivity index (χ4v) is 2.37. The number of rotatable bonds is 3. The van der Waals surface area contributed by atoms with Crippen molar-refractivity contribution < 1.29 is 9.18 Å². The van der Waals surface area contributed by atoms with E-state index in [1.807, 2.05) is 48.5 Å². The van der Waals surface area contributed by atoms with E-state index in [-0.39, 0.29) is 5.57 Å². The van der Waals surface area contributed by atoms with Crippen LogP contribution in [0.15, 0.2) is 72.3 Å². The maximum Gasteiger partial charge on any atom is 0.203 e. The van der Waals surface area contributed by atoms with Gasteiger partial charge in [0.25, 0.3) is 0 Å². The van der Waals surface area contributed by atoms with Crippen molar-refractivity contribution in [2.75, 3.05) is 0 Å². The first-order chi connectivity index (χ1) is 11.2. The molecule has 0 heterocycles. The lowest BCUT2D eigenvalue weighted by molar-refractivity contribution is 0.104. The van der Waals surface area contributed by atoms with E-state index in [4.69, 9.17) is 0 Å². The van der Waals surface area contributed by atoms with Crippen LogP contribution in [0.25, 0.3) is 16.8 Å². The van der Waals surface area contributed by atoms with Gasteiger partial charge in [-0.1, -0.05) is 36.4 Å². The van der Waals surface area contributed by atoms with Gasteiger partial charge in [-0.15, -0.1) is 0 Å². The lowest BCUT2D eigenvalue weighted by Crippen LogP contribution is -2.01. The highest BCUT2D eigenvalue weighted by atomic mass is 19.1. The van der Waals surface area contributed by atoms with E-state index in [0.29, 0.717) is 5.56 Å². The van der Waals surface area contributed by atoms with Gasteiger partial charge in [-0.2, -0.15) is 5.26 Å². The number of hydrogen-bond donors (Lipinski definition) is 0. The Kier molecular flexibility index (Phi) is 3.99. The van der Waals surface area contributed by atoms with Gasteiger partial charge in [0.2, 0.25) is 5.78 Å². The van der Waals surface area contributed by atoms with Gasteiger partial charge in [-0.05, 0) is 52.7 Å². The Labute approximate surface area is 133 Å². The molecule has 0 spiro atoms. The highest BCUT2D eigenvalue weighted by Gasteiger charge is 2.12. The van der Waals surface area contributed by atoms with Crippen molar-refractivity contribution in [1.82, 2.24) is 0 Å². The number of benzene rings is 3. The standard InChI is InChI=1S/C20H12FNO/c21-19-9-7-16(8-10-19)20(23)18(13-22)12-14-5-6-15-3-1-2-4-17(15)11-14/h1-12H/b18-12+. The zero-order chi connectivity index (χ0) is 16.2. The number of fused-ring (bicyclic) bond motifs is 1. The number of ketones is 1. The lowest BCUT2D eigenvalue weighted by atomic mass is 10.0. The molecule has 0 aromatic heterocycles. The second-order valence-electron chi connectivity index (χ2n) is 5.11. The summed E-state index contributed by atoms with van der Waals surface area (Å²) in [5.74, 6) is -0.834. The highest BCUT2D eigenvalue weighted by Crippen LogP contribution is 2.19. The van der Waals surface area contributed by atoms with Crippen LogP contribution in [0.2, 0.25) is 0 Å². The molecule has 3 rings (SSSR count). The molecule has 23 heavy (non-hydrogen) atoms. The number of hydrogen-bond acceptors (Lipinski definition) is 2. The van der Waals surface area contributed by atoms with Crippen molar-refractivity contribution in [2.45, 2.75) is 0 Å². The molecule has 110 valence electrons. The summed E-state index contributed by atoms with van der Waals surface area (Å²) in [4.78, 5) is 12.3. The Morgan fingerprint density at radius 1 is 0.957 bits per heavy atom. The van der Waals surface area contributed by atoms with Crippen molar-refractivity contribution in [3.8, 4) is 6.07 Å². The molecule has 0 unspecified atom stereocenters. The van der Waals surface area contributed by atoms with E-state index in [2.05, 4.69) is 0 Å². The van der Waals surface area contributed by atoms with Crippen LogP contribution in [0, 0.1) is 17.1 Å². The van der Waals surface area contributed by atoms with Gasteiger partial charge in [0.05, 0.1) is 0 Å². The van der Waals surface area contributed by atoms with Crippen molar-refractivity contribution in [2.24, 2.45) is 0 Å². The summed E-state index contributed by atoms with van der Waals surface area (Å²) in [6.45, 7) is 0. The molecule has 0 saturated carbocycles. The summed E-state index contributed by atoms with van der Waals surface area (Å²) in [5.41, 5.74) is 1.09. The van der Waals surface area contributed by atoms with Crippen LogP contribution in [-0.4, -0.2) is 5.78 Å². The fourth-order valence-electron chi connectivity index (χ4n) is 2.37. The predicted octanol–water partition coefficient (Wildman–Crippen LogP) is 4.77. The first-order valence-electron chi connectivity index (χ1n) is 7.08. The Morgan fingerprint density at radius 3 is 2.35 bits per heavy atom. The Balaban J connectivity index is 1.98. The topological polar surface area (TPSA) is 40.9 Å². The van der Waals surface area contributed by atoms with E-state index in [9.17, 15) is 14.4 Å². The molecule has 0 fully saturated rings. The smallest absolute Gasteiger partial charge is 0.203 e. The molecule has 0 aliphatic carbocycles. The first-order valence-corrected chi connectivity index (χ1v) is 7.08. The first kappa shape index (κ1) is 14.7. The average molecular weight is 301 g/mol. The van der Waals surface area contributed by atoms with Gasteiger partial charge in [0.1, 0.15) is 17.5 Å². The summed E-state index contributed by atoms with van der Waals surface area (Å²) in [6, 6.07) is 20.7. The lowest BCUT2D eigenvalue weighted by Gasteiger charge is -2.02. The Hall–Kier alpha value is -3.25. The minimum atomic E-state index is -0.418. The maximum atomic E-state index is 12.9. The maximum absolute atomic E-state index is 12.9. The van der Waals surface area contributed by atoms with Crippen LogP contribution in [0.3, 0.4) is 0 Å². The number of Topliss-reactive ketones (excluding diaryl/α,β-unsaturated/α-hetero) is 1. The minimum absolute atomic E-state index is 0.0203. The number of halogens is 1. The van der Waals surface area contributed by atoms with Gasteiger partial charge in [0, 0.05) is 5.56 Å². The van der Waals surface area contributed by atoms with E-state index in [1.54, 1.807) is 6.08 Å². The van der Waals surface area contributed by atoms with E-state index in [0.717, 1.165) is 16.3 Å². The zero-order valence-electron chi connectivity index (χ0n) is 12.2. The second kappa shape index (κ2) is 6.25.